The molecule has 2 unspecified atom stereocenters. The maximum Gasteiger partial charge on any atom is 0.0611 e. The van der Waals surface area contributed by atoms with Crippen molar-refractivity contribution in [3.63, 3.8) is 0 Å². The number of aromatic amines is 1. The van der Waals surface area contributed by atoms with Crippen LogP contribution in [0.5, 0.6) is 0 Å². The number of hydrogen-bond donors (Lipinski definition) is 2. The predicted octanol–water partition coefficient (Wildman–Crippen LogP) is 1.12. The van der Waals surface area contributed by atoms with E-state index in [1.54, 1.807) is 0 Å². The van der Waals surface area contributed by atoms with Crippen molar-refractivity contribution in [2.45, 2.75) is 25.4 Å². The Hall–Kier alpha value is -1.09. The third kappa shape index (κ3) is 0.968. The first kappa shape index (κ1) is 7.33. The van der Waals surface area contributed by atoms with Gasteiger partial charge in [-0.25, -0.2) is 0 Å². The summed E-state index contributed by atoms with van der Waals surface area (Å²) in [5, 5.41) is 16.7. The van der Waals surface area contributed by atoms with E-state index in [1.165, 1.54) is 11.1 Å². The van der Waals surface area contributed by atoms with E-state index < -0.39 is 0 Å². The van der Waals surface area contributed by atoms with E-state index in [0.717, 1.165) is 25.0 Å². The van der Waals surface area contributed by atoms with E-state index >= 15 is 0 Å². The summed E-state index contributed by atoms with van der Waals surface area (Å²) in [5.41, 5.74) is 3.78. The Labute approximate surface area is 76.5 Å². The zero-order valence-corrected chi connectivity index (χ0v) is 7.33. The Morgan fingerprint density at radius 2 is 2.46 bits per heavy atom. The van der Waals surface area contributed by atoms with Crippen LogP contribution in [0.1, 0.15) is 24.1 Å². The summed E-state index contributed by atoms with van der Waals surface area (Å²) >= 11 is 0. The summed E-state index contributed by atoms with van der Waals surface area (Å²) in [6.07, 6.45) is 6.83. The van der Waals surface area contributed by atoms with Crippen LogP contribution in [0, 0.1) is 5.92 Å². The van der Waals surface area contributed by atoms with Gasteiger partial charge in [-0.05, 0) is 30.9 Å². The minimum absolute atomic E-state index is 0.130. The number of nitrogens with zero attached hydrogens (tertiary/aromatic N) is 1. The quantitative estimate of drug-likeness (QED) is 0.622. The molecule has 1 aromatic heterocycles. The Bertz CT molecular complexity index is 367. The van der Waals surface area contributed by atoms with Crippen LogP contribution in [0.4, 0.5) is 0 Å². The van der Waals surface area contributed by atoms with Gasteiger partial charge in [0.1, 0.15) is 0 Å². The molecule has 3 heteroatoms. The second kappa shape index (κ2) is 2.45. The van der Waals surface area contributed by atoms with Gasteiger partial charge in [0.05, 0.1) is 18.0 Å². The maximum atomic E-state index is 9.72. The Balaban J connectivity index is 2.06. The molecule has 2 N–H and O–H groups in total. The summed E-state index contributed by atoms with van der Waals surface area (Å²) < 4.78 is 0. The van der Waals surface area contributed by atoms with Crippen molar-refractivity contribution >= 4 is 6.08 Å². The highest BCUT2D eigenvalue weighted by Gasteiger charge is 2.33. The van der Waals surface area contributed by atoms with Gasteiger partial charge in [-0.1, -0.05) is 5.57 Å². The summed E-state index contributed by atoms with van der Waals surface area (Å²) in [7, 11) is 0. The second-order valence-electron chi connectivity index (χ2n) is 3.94. The zero-order valence-electron chi connectivity index (χ0n) is 7.33. The molecule has 1 heterocycles. The number of fused-ring (bicyclic) bond motifs is 2. The van der Waals surface area contributed by atoms with Crippen molar-refractivity contribution in [3.8, 4) is 0 Å². The molecular weight excluding hydrogens is 164 g/mol. The average molecular weight is 176 g/mol. The van der Waals surface area contributed by atoms with Crippen LogP contribution in [0.3, 0.4) is 0 Å². The molecule has 0 saturated heterocycles. The maximum absolute atomic E-state index is 9.72. The van der Waals surface area contributed by atoms with Gasteiger partial charge in [-0.15, -0.1) is 0 Å². The predicted molar refractivity (Wildman–Crippen MR) is 49.0 cm³/mol. The van der Waals surface area contributed by atoms with Crippen molar-refractivity contribution in [2.75, 3.05) is 0 Å². The molecule has 13 heavy (non-hydrogen) atoms. The standard InChI is InChI=1S/C10H12N2O/c13-10-2-1-6-4-9-7(3-8(6)10)5-11-12-9/h4-5,8,10,13H,1-3H2,(H,11,12). The third-order valence-corrected chi connectivity index (χ3v) is 3.19. The van der Waals surface area contributed by atoms with Crippen LogP contribution in [0.25, 0.3) is 6.08 Å². The molecule has 0 amide bonds. The normalized spacial score (nSPS) is 31.0. The number of aliphatic hydroxyl groups excluding tert-OH is 1. The first-order chi connectivity index (χ1) is 6.34. The van der Waals surface area contributed by atoms with E-state index in [2.05, 4.69) is 16.3 Å². The van der Waals surface area contributed by atoms with Crippen molar-refractivity contribution in [1.29, 1.82) is 0 Å². The number of hydrogen-bond acceptors (Lipinski definition) is 2. The molecule has 2 aliphatic carbocycles. The van der Waals surface area contributed by atoms with Crippen molar-refractivity contribution < 1.29 is 5.11 Å². The molecule has 3 nitrogen and oxygen atoms in total. The number of nitrogens with one attached hydrogen (secondary N) is 1. The summed E-state index contributed by atoms with van der Waals surface area (Å²) in [5.74, 6) is 0.366. The van der Waals surface area contributed by atoms with Gasteiger partial charge in [-0.2, -0.15) is 5.10 Å². The minimum Gasteiger partial charge on any atom is -0.392 e. The number of rotatable bonds is 0. The van der Waals surface area contributed by atoms with E-state index in [1.807, 2.05) is 6.20 Å². The third-order valence-electron chi connectivity index (χ3n) is 3.19. The topological polar surface area (TPSA) is 48.9 Å². The molecule has 0 aromatic carbocycles. The number of aliphatic hydroxyl groups is 1. The second-order valence-corrected chi connectivity index (χ2v) is 3.94. The number of aromatic nitrogens is 2. The Morgan fingerprint density at radius 3 is 3.38 bits per heavy atom. The smallest absolute Gasteiger partial charge is 0.0611 e. The molecule has 0 aliphatic heterocycles. The van der Waals surface area contributed by atoms with Crippen molar-refractivity contribution in [3.05, 3.63) is 23.0 Å². The average Bonchev–Trinajstić information content (AvgIpc) is 2.70. The molecule has 68 valence electrons. The fourth-order valence-corrected chi connectivity index (χ4v) is 2.43. The lowest BCUT2D eigenvalue weighted by Gasteiger charge is -2.19. The van der Waals surface area contributed by atoms with Crippen LogP contribution < -0.4 is 0 Å². The van der Waals surface area contributed by atoms with E-state index in [0.29, 0.717) is 5.92 Å². The molecule has 1 aromatic rings. The number of H-pyrrole nitrogens is 1. The summed E-state index contributed by atoms with van der Waals surface area (Å²) in [6.45, 7) is 0. The molecule has 1 saturated carbocycles. The summed E-state index contributed by atoms with van der Waals surface area (Å²) in [4.78, 5) is 0. The largest absolute Gasteiger partial charge is 0.392 e. The van der Waals surface area contributed by atoms with Gasteiger partial charge in [0.15, 0.2) is 0 Å². The van der Waals surface area contributed by atoms with E-state index in [-0.39, 0.29) is 6.10 Å². The van der Waals surface area contributed by atoms with Gasteiger partial charge < -0.3 is 5.11 Å². The molecule has 3 rings (SSSR count). The van der Waals surface area contributed by atoms with Gasteiger partial charge in [0.2, 0.25) is 0 Å². The zero-order chi connectivity index (χ0) is 8.84. The van der Waals surface area contributed by atoms with Crippen LogP contribution in [0.15, 0.2) is 11.8 Å². The fraction of sp³-hybridized carbons (Fsp3) is 0.500. The Morgan fingerprint density at radius 1 is 1.54 bits per heavy atom. The molecule has 2 aliphatic rings. The highest BCUT2D eigenvalue weighted by Crippen LogP contribution is 2.38. The highest BCUT2D eigenvalue weighted by atomic mass is 16.3. The highest BCUT2D eigenvalue weighted by molar-refractivity contribution is 5.57. The molecule has 0 bridgehead atoms. The lowest BCUT2D eigenvalue weighted by atomic mass is 9.88. The molecular formula is C10H12N2O. The van der Waals surface area contributed by atoms with Gasteiger partial charge in [0, 0.05) is 5.92 Å². The lowest BCUT2D eigenvalue weighted by molar-refractivity contribution is 0.141. The first-order valence-electron chi connectivity index (χ1n) is 4.75. The lowest BCUT2D eigenvalue weighted by Crippen LogP contribution is -2.19. The van der Waals surface area contributed by atoms with Crippen LogP contribution in [-0.4, -0.2) is 21.4 Å². The van der Waals surface area contributed by atoms with Crippen molar-refractivity contribution in [2.24, 2.45) is 5.92 Å². The summed E-state index contributed by atoms with van der Waals surface area (Å²) in [6, 6.07) is 0. The SMILES string of the molecule is OC1CCC2=Cc3[nH]ncc3CC21. The first-order valence-corrected chi connectivity index (χ1v) is 4.75. The van der Waals surface area contributed by atoms with Crippen LogP contribution in [0.2, 0.25) is 0 Å². The molecule has 0 radical (unpaired) electrons. The fourth-order valence-electron chi connectivity index (χ4n) is 2.43. The van der Waals surface area contributed by atoms with Crippen LogP contribution >= 0.6 is 0 Å². The Kier molecular flexibility index (Phi) is 1.38. The van der Waals surface area contributed by atoms with Crippen LogP contribution in [-0.2, 0) is 6.42 Å². The molecule has 2 atom stereocenters. The van der Waals surface area contributed by atoms with Gasteiger partial charge in [-0.3, -0.25) is 5.10 Å². The minimum atomic E-state index is -0.130. The van der Waals surface area contributed by atoms with E-state index in [4.69, 9.17) is 0 Å². The molecule has 0 spiro atoms. The van der Waals surface area contributed by atoms with Crippen molar-refractivity contribution in [1.82, 2.24) is 10.2 Å². The molecule has 1 fully saturated rings. The monoisotopic (exact) mass is 176 g/mol. The van der Waals surface area contributed by atoms with E-state index in [9.17, 15) is 5.11 Å². The van der Waals surface area contributed by atoms with Gasteiger partial charge in [0.25, 0.3) is 0 Å². The van der Waals surface area contributed by atoms with Gasteiger partial charge >= 0.3 is 0 Å².